The van der Waals surface area contributed by atoms with Crippen molar-refractivity contribution in [1.29, 1.82) is 0 Å². The smallest absolute Gasteiger partial charge is 0.275 e. The van der Waals surface area contributed by atoms with Gasteiger partial charge in [-0.2, -0.15) is 5.10 Å². The first-order valence-corrected chi connectivity index (χ1v) is 11.4. The highest BCUT2D eigenvalue weighted by molar-refractivity contribution is 7.91. The van der Waals surface area contributed by atoms with Crippen LogP contribution in [0.15, 0.2) is 30.3 Å². The van der Waals surface area contributed by atoms with Gasteiger partial charge in [-0.15, -0.1) is 0 Å². The maximum atomic E-state index is 12.3. The maximum absolute atomic E-state index is 12.3. The molecule has 7 nitrogen and oxygen atoms in total. The van der Waals surface area contributed by atoms with Gasteiger partial charge < -0.3 is 10.2 Å². The Kier molecular flexibility index (Phi) is 6.20. The van der Waals surface area contributed by atoms with Gasteiger partial charge in [0.15, 0.2) is 16.4 Å². The van der Waals surface area contributed by atoms with Crippen LogP contribution < -0.4 is 10.2 Å². The molecule has 0 saturated carbocycles. The molecule has 3 rings (SSSR count). The monoisotopic (exact) mass is 405 g/mol. The van der Waals surface area contributed by atoms with Gasteiger partial charge >= 0.3 is 0 Å². The standard InChI is InChI=1S/C20H28N4O3S/c1-15-19(16(2)24(22-15)18-9-10-28(26,27)14-18)12-23(3)13-20(25)21-11-17-7-5-4-6-8-17/h4-8,18H,9-14H2,1-3H3,(H,21,25)/p+1/t18-/m1/s1. The van der Waals surface area contributed by atoms with E-state index in [4.69, 9.17) is 0 Å². The summed E-state index contributed by atoms with van der Waals surface area (Å²) in [6, 6.07) is 9.76. The number of rotatable bonds is 7. The Morgan fingerprint density at radius 3 is 2.64 bits per heavy atom. The molecule has 152 valence electrons. The molecule has 1 aromatic carbocycles. The van der Waals surface area contributed by atoms with E-state index in [-0.39, 0.29) is 23.5 Å². The van der Waals surface area contributed by atoms with Crippen LogP contribution in [0.2, 0.25) is 0 Å². The molecule has 2 aromatic rings. The number of quaternary nitrogens is 1. The lowest BCUT2D eigenvalue weighted by atomic mass is 10.1. The molecule has 2 heterocycles. The fraction of sp³-hybridized carbons (Fsp3) is 0.500. The number of aryl methyl sites for hydroxylation is 1. The van der Waals surface area contributed by atoms with Crippen molar-refractivity contribution in [2.45, 2.75) is 39.4 Å². The summed E-state index contributed by atoms with van der Waals surface area (Å²) in [4.78, 5) is 13.3. The summed E-state index contributed by atoms with van der Waals surface area (Å²) >= 11 is 0. The molecule has 2 atom stereocenters. The second kappa shape index (κ2) is 8.45. The molecule has 8 heteroatoms. The summed E-state index contributed by atoms with van der Waals surface area (Å²) in [7, 11) is -0.967. The van der Waals surface area contributed by atoms with Crippen molar-refractivity contribution >= 4 is 15.7 Å². The molecule has 1 fully saturated rings. The van der Waals surface area contributed by atoms with Crippen LogP contribution in [-0.4, -0.2) is 49.2 Å². The molecule has 1 unspecified atom stereocenters. The number of likely N-dealkylation sites (N-methyl/N-ethyl adjacent to an activating group) is 1. The number of hydrogen-bond acceptors (Lipinski definition) is 4. The number of benzene rings is 1. The average Bonchev–Trinajstić information content (AvgIpc) is 3.14. The lowest BCUT2D eigenvalue weighted by Crippen LogP contribution is -3.09. The van der Waals surface area contributed by atoms with E-state index in [1.807, 2.05) is 55.9 Å². The Hall–Kier alpha value is -2.19. The lowest BCUT2D eigenvalue weighted by Gasteiger charge is -2.15. The summed E-state index contributed by atoms with van der Waals surface area (Å²) in [5.74, 6) is 0.405. The van der Waals surface area contributed by atoms with E-state index >= 15 is 0 Å². The summed E-state index contributed by atoms with van der Waals surface area (Å²) in [5, 5.41) is 7.56. The number of aromatic nitrogens is 2. The Bertz CT molecular complexity index is 938. The van der Waals surface area contributed by atoms with E-state index in [0.29, 0.717) is 26.1 Å². The van der Waals surface area contributed by atoms with Crippen LogP contribution in [0, 0.1) is 13.8 Å². The Morgan fingerprint density at radius 1 is 1.29 bits per heavy atom. The second-order valence-electron chi connectivity index (χ2n) is 7.72. The molecular weight excluding hydrogens is 376 g/mol. The minimum absolute atomic E-state index is 0.00550. The Balaban J connectivity index is 1.58. The van der Waals surface area contributed by atoms with Crippen molar-refractivity contribution in [1.82, 2.24) is 15.1 Å². The summed E-state index contributed by atoms with van der Waals surface area (Å²) < 4.78 is 25.5. The second-order valence-corrected chi connectivity index (χ2v) is 9.95. The predicted molar refractivity (Wildman–Crippen MR) is 108 cm³/mol. The number of nitrogens with one attached hydrogen (secondary N) is 2. The van der Waals surface area contributed by atoms with Crippen molar-refractivity contribution in [2.75, 3.05) is 25.1 Å². The topological polar surface area (TPSA) is 85.5 Å². The van der Waals surface area contributed by atoms with Crippen LogP contribution in [0.3, 0.4) is 0 Å². The van der Waals surface area contributed by atoms with Crippen LogP contribution in [0.1, 0.15) is 35.0 Å². The van der Waals surface area contributed by atoms with Crippen LogP contribution in [0.4, 0.5) is 0 Å². The fourth-order valence-corrected chi connectivity index (χ4v) is 5.47. The van der Waals surface area contributed by atoms with Crippen LogP contribution in [0.25, 0.3) is 0 Å². The van der Waals surface area contributed by atoms with Crippen LogP contribution in [-0.2, 0) is 27.7 Å². The number of sulfone groups is 1. The average molecular weight is 406 g/mol. The van der Waals surface area contributed by atoms with Crippen molar-refractivity contribution in [3.05, 3.63) is 52.8 Å². The summed E-state index contributed by atoms with van der Waals surface area (Å²) in [5.41, 5.74) is 4.08. The molecule has 1 aromatic heterocycles. The van der Waals surface area contributed by atoms with Gasteiger partial charge in [-0.25, -0.2) is 8.42 Å². The SMILES string of the molecule is Cc1nn([C@@H]2CCS(=O)(=O)C2)c(C)c1C[NH+](C)CC(=O)NCc1ccccc1. The molecule has 2 N–H and O–H groups in total. The van der Waals surface area contributed by atoms with Gasteiger partial charge in [0.1, 0.15) is 6.54 Å². The molecule has 1 aliphatic heterocycles. The van der Waals surface area contributed by atoms with Gasteiger partial charge in [-0.3, -0.25) is 9.48 Å². The quantitative estimate of drug-likeness (QED) is 0.689. The zero-order valence-electron chi connectivity index (χ0n) is 16.7. The first-order valence-electron chi connectivity index (χ1n) is 9.62. The van der Waals surface area contributed by atoms with Gasteiger partial charge in [0.05, 0.1) is 35.9 Å². The molecule has 0 radical (unpaired) electrons. The van der Waals surface area contributed by atoms with E-state index in [1.54, 1.807) is 0 Å². The van der Waals surface area contributed by atoms with Gasteiger partial charge in [0.25, 0.3) is 5.91 Å². The first kappa shape index (κ1) is 20.5. The number of hydrogen-bond donors (Lipinski definition) is 2. The third-order valence-electron chi connectivity index (χ3n) is 5.30. The first-order chi connectivity index (χ1) is 13.2. The number of carbonyl (C=O) groups is 1. The Morgan fingerprint density at radius 2 is 2.00 bits per heavy atom. The van der Waals surface area contributed by atoms with E-state index < -0.39 is 9.84 Å². The Labute approximate surface area is 166 Å². The molecule has 0 spiro atoms. The highest BCUT2D eigenvalue weighted by atomic mass is 32.2. The van der Waals surface area contributed by atoms with Crippen LogP contribution in [0.5, 0.6) is 0 Å². The van der Waals surface area contributed by atoms with Gasteiger partial charge in [0.2, 0.25) is 0 Å². The fourth-order valence-electron chi connectivity index (χ4n) is 3.77. The number of nitrogens with zero attached hydrogens (tertiary/aromatic N) is 2. The number of amides is 1. The van der Waals surface area contributed by atoms with Crippen molar-refractivity contribution in [2.24, 2.45) is 0 Å². The zero-order chi connectivity index (χ0) is 20.3. The van der Waals surface area contributed by atoms with E-state index in [1.165, 1.54) is 0 Å². The van der Waals surface area contributed by atoms with Gasteiger partial charge in [-0.1, -0.05) is 30.3 Å². The van der Waals surface area contributed by atoms with E-state index in [0.717, 1.165) is 27.4 Å². The van der Waals surface area contributed by atoms with Gasteiger partial charge in [0, 0.05) is 12.2 Å². The zero-order valence-corrected chi connectivity index (χ0v) is 17.6. The molecule has 1 saturated heterocycles. The van der Waals surface area contributed by atoms with Crippen molar-refractivity contribution in [3.63, 3.8) is 0 Å². The molecule has 28 heavy (non-hydrogen) atoms. The maximum Gasteiger partial charge on any atom is 0.275 e. The lowest BCUT2D eigenvalue weighted by molar-refractivity contribution is -0.885. The van der Waals surface area contributed by atoms with E-state index in [9.17, 15) is 13.2 Å². The molecule has 1 amide bonds. The largest absolute Gasteiger partial charge is 0.347 e. The third-order valence-corrected chi connectivity index (χ3v) is 7.05. The molecular formula is C20H29N4O3S+. The third kappa shape index (κ3) is 4.99. The predicted octanol–water partition coefficient (Wildman–Crippen LogP) is 0.191. The normalized spacial score (nSPS) is 19.5. The highest BCUT2D eigenvalue weighted by Gasteiger charge is 2.31. The highest BCUT2D eigenvalue weighted by Crippen LogP contribution is 2.26. The van der Waals surface area contributed by atoms with Gasteiger partial charge in [-0.05, 0) is 25.8 Å². The van der Waals surface area contributed by atoms with Crippen molar-refractivity contribution < 1.29 is 18.1 Å². The number of carbonyl (C=O) groups excluding carboxylic acids is 1. The summed E-state index contributed by atoms with van der Waals surface area (Å²) in [6.07, 6.45) is 0.619. The molecule has 0 bridgehead atoms. The minimum atomic E-state index is -2.95. The molecule has 0 aliphatic carbocycles. The summed E-state index contributed by atoms with van der Waals surface area (Å²) in [6.45, 7) is 5.51. The molecule has 1 aliphatic rings. The van der Waals surface area contributed by atoms with E-state index in [2.05, 4.69) is 10.4 Å². The van der Waals surface area contributed by atoms with Crippen molar-refractivity contribution in [3.8, 4) is 0 Å². The van der Waals surface area contributed by atoms with Crippen LogP contribution >= 0.6 is 0 Å². The minimum Gasteiger partial charge on any atom is -0.347 e.